The number of aryl methyl sites for hydroxylation is 1. The van der Waals surface area contributed by atoms with Crippen LogP contribution in [0.5, 0.6) is 0 Å². The number of nitrogens with zero attached hydrogens (tertiary/aromatic N) is 2. The SMILES string of the molecule is CNC(C)c1nc2nc(C)ccc2o1. The molecule has 0 aliphatic carbocycles. The molecule has 14 heavy (non-hydrogen) atoms. The Morgan fingerprint density at radius 3 is 2.86 bits per heavy atom. The molecule has 74 valence electrons. The third-order valence-corrected chi connectivity index (χ3v) is 2.21. The highest BCUT2D eigenvalue weighted by Crippen LogP contribution is 2.18. The van der Waals surface area contributed by atoms with Crippen molar-refractivity contribution in [2.24, 2.45) is 0 Å². The molecule has 1 unspecified atom stereocenters. The van der Waals surface area contributed by atoms with Crippen molar-refractivity contribution in [3.05, 3.63) is 23.7 Å². The first kappa shape index (κ1) is 9.15. The molecule has 1 atom stereocenters. The molecular weight excluding hydrogens is 178 g/mol. The molecule has 2 rings (SSSR count). The Bertz CT molecular complexity index is 450. The highest BCUT2D eigenvalue weighted by molar-refractivity contribution is 5.67. The Balaban J connectivity index is 2.51. The van der Waals surface area contributed by atoms with E-state index in [9.17, 15) is 0 Å². The molecule has 0 aliphatic heterocycles. The van der Waals surface area contributed by atoms with Gasteiger partial charge in [-0.2, -0.15) is 4.98 Å². The lowest BCUT2D eigenvalue weighted by atomic mass is 10.3. The zero-order valence-corrected chi connectivity index (χ0v) is 8.53. The van der Waals surface area contributed by atoms with Gasteiger partial charge in [-0.25, -0.2) is 4.98 Å². The molecule has 0 radical (unpaired) electrons. The van der Waals surface area contributed by atoms with Crippen molar-refractivity contribution >= 4 is 11.2 Å². The summed E-state index contributed by atoms with van der Waals surface area (Å²) in [6, 6.07) is 3.93. The first-order valence-electron chi connectivity index (χ1n) is 4.62. The van der Waals surface area contributed by atoms with E-state index in [4.69, 9.17) is 4.42 Å². The topological polar surface area (TPSA) is 51.0 Å². The predicted molar refractivity (Wildman–Crippen MR) is 54.0 cm³/mol. The molecule has 0 amide bonds. The molecule has 0 saturated heterocycles. The Hall–Kier alpha value is -1.42. The summed E-state index contributed by atoms with van der Waals surface area (Å²) in [4.78, 5) is 8.58. The molecular formula is C10H13N3O. The van der Waals surface area contributed by atoms with Gasteiger partial charge >= 0.3 is 0 Å². The number of rotatable bonds is 2. The van der Waals surface area contributed by atoms with Gasteiger partial charge in [0.05, 0.1) is 6.04 Å². The van der Waals surface area contributed by atoms with Crippen LogP contribution in [0.4, 0.5) is 0 Å². The Labute approximate surface area is 82.4 Å². The number of oxazole rings is 1. The normalized spacial score (nSPS) is 13.4. The van der Waals surface area contributed by atoms with E-state index in [-0.39, 0.29) is 6.04 Å². The van der Waals surface area contributed by atoms with Gasteiger partial charge in [0, 0.05) is 5.69 Å². The predicted octanol–water partition coefficient (Wildman–Crippen LogP) is 1.81. The van der Waals surface area contributed by atoms with Crippen LogP contribution in [-0.2, 0) is 0 Å². The fourth-order valence-electron chi connectivity index (χ4n) is 1.24. The van der Waals surface area contributed by atoms with E-state index >= 15 is 0 Å². The summed E-state index contributed by atoms with van der Waals surface area (Å²) in [6.07, 6.45) is 0. The monoisotopic (exact) mass is 191 g/mol. The van der Waals surface area contributed by atoms with Crippen LogP contribution in [0.1, 0.15) is 24.6 Å². The van der Waals surface area contributed by atoms with Gasteiger partial charge < -0.3 is 9.73 Å². The van der Waals surface area contributed by atoms with E-state index in [0.29, 0.717) is 11.5 Å². The number of hydrogen-bond donors (Lipinski definition) is 1. The largest absolute Gasteiger partial charge is 0.437 e. The molecule has 0 bridgehead atoms. The lowest BCUT2D eigenvalue weighted by Crippen LogP contribution is -2.12. The minimum atomic E-state index is 0.115. The zero-order valence-electron chi connectivity index (χ0n) is 8.53. The van der Waals surface area contributed by atoms with Crippen LogP contribution in [0.25, 0.3) is 11.2 Å². The van der Waals surface area contributed by atoms with E-state index in [2.05, 4.69) is 15.3 Å². The maximum atomic E-state index is 5.54. The third kappa shape index (κ3) is 1.48. The quantitative estimate of drug-likeness (QED) is 0.786. The molecule has 0 saturated carbocycles. The summed E-state index contributed by atoms with van der Waals surface area (Å²) >= 11 is 0. The smallest absolute Gasteiger partial charge is 0.213 e. The summed E-state index contributed by atoms with van der Waals surface area (Å²) in [5.41, 5.74) is 2.38. The number of nitrogens with one attached hydrogen (secondary N) is 1. The van der Waals surface area contributed by atoms with E-state index in [1.54, 1.807) is 0 Å². The third-order valence-electron chi connectivity index (χ3n) is 2.21. The van der Waals surface area contributed by atoms with Crippen molar-refractivity contribution in [2.75, 3.05) is 7.05 Å². The van der Waals surface area contributed by atoms with Crippen LogP contribution in [0, 0.1) is 6.92 Å². The van der Waals surface area contributed by atoms with Gasteiger partial charge in [-0.05, 0) is 33.0 Å². The lowest BCUT2D eigenvalue weighted by molar-refractivity contribution is 0.456. The van der Waals surface area contributed by atoms with Crippen molar-refractivity contribution in [2.45, 2.75) is 19.9 Å². The van der Waals surface area contributed by atoms with E-state index in [0.717, 1.165) is 11.3 Å². The molecule has 2 heterocycles. The Morgan fingerprint density at radius 2 is 2.14 bits per heavy atom. The fourth-order valence-corrected chi connectivity index (χ4v) is 1.24. The minimum absolute atomic E-state index is 0.115. The number of aromatic nitrogens is 2. The maximum Gasteiger partial charge on any atom is 0.213 e. The number of hydrogen-bond acceptors (Lipinski definition) is 4. The average Bonchev–Trinajstić information content (AvgIpc) is 2.59. The average molecular weight is 191 g/mol. The molecule has 4 nitrogen and oxygen atoms in total. The van der Waals surface area contributed by atoms with Crippen molar-refractivity contribution < 1.29 is 4.42 Å². The summed E-state index contributed by atoms with van der Waals surface area (Å²) < 4.78 is 5.54. The molecule has 0 fully saturated rings. The van der Waals surface area contributed by atoms with Gasteiger partial charge in [0.2, 0.25) is 5.89 Å². The van der Waals surface area contributed by atoms with E-state index < -0.39 is 0 Å². The zero-order chi connectivity index (χ0) is 10.1. The van der Waals surface area contributed by atoms with Crippen LogP contribution in [0.3, 0.4) is 0 Å². The van der Waals surface area contributed by atoms with Crippen molar-refractivity contribution in [1.82, 2.24) is 15.3 Å². The van der Waals surface area contributed by atoms with Crippen molar-refractivity contribution in [3.63, 3.8) is 0 Å². The molecule has 0 aromatic carbocycles. The molecule has 1 N–H and O–H groups in total. The first-order chi connectivity index (χ1) is 6.70. The van der Waals surface area contributed by atoms with Crippen LogP contribution < -0.4 is 5.32 Å². The van der Waals surface area contributed by atoms with Crippen LogP contribution >= 0.6 is 0 Å². The van der Waals surface area contributed by atoms with Crippen LogP contribution in [0.15, 0.2) is 16.5 Å². The van der Waals surface area contributed by atoms with Gasteiger partial charge in [-0.3, -0.25) is 0 Å². The number of pyridine rings is 1. The molecule has 2 aromatic heterocycles. The second-order valence-electron chi connectivity index (χ2n) is 3.34. The molecule has 2 aromatic rings. The highest BCUT2D eigenvalue weighted by atomic mass is 16.3. The fraction of sp³-hybridized carbons (Fsp3) is 0.400. The van der Waals surface area contributed by atoms with Crippen molar-refractivity contribution in [1.29, 1.82) is 0 Å². The molecule has 0 aliphatic rings. The van der Waals surface area contributed by atoms with Crippen molar-refractivity contribution in [3.8, 4) is 0 Å². The summed E-state index contributed by atoms with van der Waals surface area (Å²) in [5, 5.41) is 3.07. The molecule has 0 spiro atoms. The van der Waals surface area contributed by atoms with Gasteiger partial charge in [-0.15, -0.1) is 0 Å². The van der Waals surface area contributed by atoms with Crippen LogP contribution in [0.2, 0.25) is 0 Å². The Morgan fingerprint density at radius 1 is 1.36 bits per heavy atom. The van der Waals surface area contributed by atoms with E-state index in [1.807, 2.05) is 33.0 Å². The molecule has 4 heteroatoms. The second kappa shape index (κ2) is 3.38. The van der Waals surface area contributed by atoms with Gasteiger partial charge in [0.1, 0.15) is 0 Å². The van der Waals surface area contributed by atoms with Gasteiger partial charge in [-0.1, -0.05) is 0 Å². The summed E-state index contributed by atoms with van der Waals surface area (Å²) in [7, 11) is 1.87. The van der Waals surface area contributed by atoms with Crippen LogP contribution in [-0.4, -0.2) is 17.0 Å². The highest BCUT2D eigenvalue weighted by Gasteiger charge is 2.11. The summed E-state index contributed by atoms with van der Waals surface area (Å²) in [5.74, 6) is 0.681. The minimum Gasteiger partial charge on any atom is -0.437 e. The first-order valence-corrected chi connectivity index (χ1v) is 4.62. The summed E-state index contributed by atoms with van der Waals surface area (Å²) in [6.45, 7) is 3.94. The Kier molecular flexibility index (Phi) is 2.21. The second-order valence-corrected chi connectivity index (χ2v) is 3.34. The number of fused-ring (bicyclic) bond motifs is 1. The standard InChI is InChI=1S/C10H13N3O/c1-6-4-5-8-9(12-6)13-10(14-8)7(2)11-3/h4-5,7,11H,1-3H3. The van der Waals surface area contributed by atoms with E-state index in [1.165, 1.54) is 0 Å². The van der Waals surface area contributed by atoms with Gasteiger partial charge in [0.25, 0.3) is 0 Å². The lowest BCUT2D eigenvalue weighted by Gasteiger charge is -2.02. The maximum absolute atomic E-state index is 5.54. The van der Waals surface area contributed by atoms with Gasteiger partial charge in [0.15, 0.2) is 11.2 Å².